The number of para-hydroxylation sites is 1. The number of ether oxygens (including phenoxy) is 1. The van der Waals surface area contributed by atoms with Crippen LogP contribution in [0.25, 0.3) is 5.69 Å². The molecule has 0 bridgehead atoms. The number of carbonyl (C=O) groups is 1. The van der Waals surface area contributed by atoms with E-state index in [9.17, 15) is 4.79 Å². The lowest BCUT2D eigenvalue weighted by molar-refractivity contribution is 0.0486. The number of halogens is 1. The summed E-state index contributed by atoms with van der Waals surface area (Å²) in [7, 11) is 0. The van der Waals surface area contributed by atoms with Crippen LogP contribution in [0.15, 0.2) is 66.9 Å². The van der Waals surface area contributed by atoms with E-state index in [4.69, 9.17) is 16.3 Å². The van der Waals surface area contributed by atoms with Crippen molar-refractivity contribution >= 4 is 17.5 Å². The molecular weight excluding hydrogens is 374 g/mol. The van der Waals surface area contributed by atoms with Gasteiger partial charge in [0.15, 0.2) is 5.69 Å². The number of hydrogen-bond donors (Lipinski definition) is 1. The third-order valence-corrected chi connectivity index (χ3v) is 5.59. The Morgan fingerprint density at radius 3 is 2.50 bits per heavy atom. The lowest BCUT2D eigenvalue weighted by Crippen LogP contribution is -2.44. The molecule has 1 aromatic heterocycles. The summed E-state index contributed by atoms with van der Waals surface area (Å²) in [6, 6.07) is 19.4. The van der Waals surface area contributed by atoms with Gasteiger partial charge in [0.25, 0.3) is 5.91 Å². The molecule has 6 heteroatoms. The van der Waals surface area contributed by atoms with Gasteiger partial charge >= 0.3 is 0 Å². The first-order chi connectivity index (χ1) is 13.7. The van der Waals surface area contributed by atoms with Crippen LogP contribution in [0.2, 0.25) is 5.02 Å². The Morgan fingerprint density at radius 2 is 1.79 bits per heavy atom. The minimum atomic E-state index is -0.172. The maximum absolute atomic E-state index is 12.7. The van der Waals surface area contributed by atoms with Crippen LogP contribution in [0, 0.1) is 0 Å². The Hall–Kier alpha value is -2.63. The average molecular weight is 396 g/mol. The fraction of sp³-hybridized carbons (Fsp3) is 0.273. The number of carbonyl (C=O) groups excluding carboxylic acids is 1. The zero-order chi connectivity index (χ0) is 19.4. The number of aromatic nitrogens is 2. The van der Waals surface area contributed by atoms with E-state index >= 15 is 0 Å². The van der Waals surface area contributed by atoms with Gasteiger partial charge in [-0.1, -0.05) is 41.9 Å². The molecule has 0 saturated carbocycles. The number of rotatable bonds is 5. The van der Waals surface area contributed by atoms with Crippen LogP contribution in [0.5, 0.6) is 0 Å². The van der Waals surface area contributed by atoms with Crippen molar-refractivity contribution in [1.82, 2.24) is 15.1 Å². The highest BCUT2D eigenvalue weighted by atomic mass is 35.5. The molecule has 2 aromatic carbocycles. The summed E-state index contributed by atoms with van der Waals surface area (Å²) < 4.78 is 7.27. The molecule has 0 spiro atoms. The standard InChI is InChI=1S/C22H22ClN3O2/c23-18-8-6-17(7-9-18)22(11-14-28-15-12-22)16-24-21(27)20-10-13-26(25-20)19-4-2-1-3-5-19/h1-10,13H,11-12,14-16H2,(H,24,27). The Bertz CT molecular complexity index is 932. The van der Waals surface area contributed by atoms with Crippen LogP contribution in [-0.4, -0.2) is 35.4 Å². The zero-order valence-electron chi connectivity index (χ0n) is 15.5. The Kier molecular flexibility index (Phi) is 5.46. The zero-order valence-corrected chi connectivity index (χ0v) is 16.2. The van der Waals surface area contributed by atoms with Crippen molar-refractivity contribution in [2.24, 2.45) is 0 Å². The number of hydrogen-bond acceptors (Lipinski definition) is 3. The van der Waals surface area contributed by atoms with Gasteiger partial charge in [0.05, 0.1) is 5.69 Å². The van der Waals surface area contributed by atoms with Crippen LogP contribution in [0.3, 0.4) is 0 Å². The van der Waals surface area contributed by atoms with Gasteiger partial charge in [-0.25, -0.2) is 4.68 Å². The van der Waals surface area contributed by atoms with E-state index < -0.39 is 0 Å². The highest BCUT2D eigenvalue weighted by Crippen LogP contribution is 2.35. The number of amides is 1. The fourth-order valence-corrected chi connectivity index (χ4v) is 3.77. The molecule has 0 aliphatic carbocycles. The van der Waals surface area contributed by atoms with Crippen molar-refractivity contribution in [3.8, 4) is 5.69 Å². The van der Waals surface area contributed by atoms with E-state index in [-0.39, 0.29) is 11.3 Å². The second kappa shape index (κ2) is 8.17. The SMILES string of the molecule is O=C(NCC1(c2ccc(Cl)cc2)CCOCC1)c1ccn(-c2ccccc2)n1. The summed E-state index contributed by atoms with van der Waals surface area (Å²) in [5, 5.41) is 8.21. The van der Waals surface area contributed by atoms with Crippen molar-refractivity contribution in [2.75, 3.05) is 19.8 Å². The van der Waals surface area contributed by atoms with Crippen molar-refractivity contribution in [3.63, 3.8) is 0 Å². The normalized spacial score (nSPS) is 15.9. The van der Waals surface area contributed by atoms with Gasteiger partial charge in [0.2, 0.25) is 0 Å². The third kappa shape index (κ3) is 3.96. The van der Waals surface area contributed by atoms with E-state index in [1.807, 2.05) is 54.6 Å². The fourth-order valence-electron chi connectivity index (χ4n) is 3.64. The molecule has 1 aliphatic rings. The van der Waals surface area contributed by atoms with Gasteiger partial charge in [-0.3, -0.25) is 4.79 Å². The summed E-state index contributed by atoms with van der Waals surface area (Å²) in [4.78, 5) is 12.7. The summed E-state index contributed by atoms with van der Waals surface area (Å²) in [5.41, 5.74) is 2.35. The first kappa shape index (κ1) is 18.7. The average Bonchev–Trinajstić information content (AvgIpc) is 3.24. The van der Waals surface area contributed by atoms with Crippen LogP contribution >= 0.6 is 11.6 Å². The van der Waals surface area contributed by atoms with Crippen molar-refractivity contribution in [3.05, 3.63) is 83.1 Å². The monoisotopic (exact) mass is 395 g/mol. The largest absolute Gasteiger partial charge is 0.381 e. The molecule has 1 amide bonds. The third-order valence-electron chi connectivity index (χ3n) is 5.34. The molecular formula is C22H22ClN3O2. The van der Waals surface area contributed by atoms with Crippen LogP contribution in [-0.2, 0) is 10.2 Å². The topological polar surface area (TPSA) is 56.1 Å². The quantitative estimate of drug-likeness (QED) is 0.710. The van der Waals surface area contributed by atoms with E-state index in [1.54, 1.807) is 16.9 Å². The number of benzene rings is 2. The van der Waals surface area contributed by atoms with Gasteiger partial charge in [-0.05, 0) is 48.7 Å². The van der Waals surface area contributed by atoms with Gasteiger partial charge in [-0.15, -0.1) is 0 Å². The Morgan fingerprint density at radius 1 is 1.07 bits per heavy atom. The maximum Gasteiger partial charge on any atom is 0.271 e. The van der Waals surface area contributed by atoms with E-state index in [1.165, 1.54) is 5.56 Å². The highest BCUT2D eigenvalue weighted by Gasteiger charge is 2.35. The first-order valence-electron chi connectivity index (χ1n) is 9.39. The minimum absolute atomic E-state index is 0.152. The molecule has 0 radical (unpaired) electrons. The molecule has 4 rings (SSSR count). The van der Waals surface area contributed by atoms with Crippen LogP contribution in [0.4, 0.5) is 0 Å². The number of nitrogens with one attached hydrogen (secondary N) is 1. The molecule has 0 unspecified atom stereocenters. The molecule has 1 fully saturated rings. The molecule has 1 saturated heterocycles. The maximum atomic E-state index is 12.7. The predicted molar refractivity (Wildman–Crippen MR) is 109 cm³/mol. The molecule has 28 heavy (non-hydrogen) atoms. The minimum Gasteiger partial charge on any atom is -0.381 e. The van der Waals surface area contributed by atoms with Crippen LogP contribution in [0.1, 0.15) is 28.9 Å². The molecule has 1 N–H and O–H groups in total. The second-order valence-electron chi connectivity index (χ2n) is 7.06. The van der Waals surface area contributed by atoms with Crippen molar-refractivity contribution in [2.45, 2.75) is 18.3 Å². The number of nitrogens with zero attached hydrogens (tertiary/aromatic N) is 2. The van der Waals surface area contributed by atoms with E-state index in [0.717, 1.165) is 18.5 Å². The molecule has 5 nitrogen and oxygen atoms in total. The van der Waals surface area contributed by atoms with E-state index in [2.05, 4.69) is 10.4 Å². The van der Waals surface area contributed by atoms with Crippen LogP contribution < -0.4 is 5.32 Å². The van der Waals surface area contributed by atoms with Gasteiger partial charge < -0.3 is 10.1 Å². The Labute approximate surface area is 169 Å². The molecule has 0 atom stereocenters. The predicted octanol–water partition coefficient (Wildman–Crippen LogP) is 4.00. The molecule has 144 valence electrons. The summed E-state index contributed by atoms with van der Waals surface area (Å²) in [6.45, 7) is 1.90. The summed E-state index contributed by atoms with van der Waals surface area (Å²) >= 11 is 6.05. The van der Waals surface area contributed by atoms with Gasteiger partial charge in [0.1, 0.15) is 0 Å². The highest BCUT2D eigenvalue weighted by molar-refractivity contribution is 6.30. The van der Waals surface area contributed by atoms with Gasteiger partial charge in [0, 0.05) is 36.4 Å². The summed E-state index contributed by atoms with van der Waals surface area (Å²) in [6.07, 6.45) is 3.51. The molecule has 1 aliphatic heterocycles. The molecule has 3 aromatic rings. The van der Waals surface area contributed by atoms with Crippen molar-refractivity contribution in [1.29, 1.82) is 0 Å². The van der Waals surface area contributed by atoms with E-state index in [0.29, 0.717) is 30.5 Å². The first-order valence-corrected chi connectivity index (χ1v) is 9.77. The lowest BCUT2D eigenvalue weighted by Gasteiger charge is -2.38. The van der Waals surface area contributed by atoms with Gasteiger partial charge in [-0.2, -0.15) is 5.10 Å². The lowest BCUT2D eigenvalue weighted by atomic mass is 9.74. The second-order valence-corrected chi connectivity index (χ2v) is 7.50. The smallest absolute Gasteiger partial charge is 0.271 e. The Balaban J connectivity index is 1.49. The summed E-state index contributed by atoms with van der Waals surface area (Å²) in [5.74, 6) is -0.172. The van der Waals surface area contributed by atoms with Crippen molar-refractivity contribution < 1.29 is 9.53 Å². The molecule has 2 heterocycles.